The molecule has 3 aromatic rings. The molecule has 0 amide bonds. The van der Waals surface area contributed by atoms with Crippen molar-refractivity contribution in [2.45, 2.75) is 10.2 Å². The topological polar surface area (TPSA) is 75.6 Å². The second kappa shape index (κ2) is 6.08. The van der Waals surface area contributed by atoms with Crippen LogP contribution < -0.4 is 0 Å². The van der Waals surface area contributed by atoms with Crippen LogP contribution in [0.1, 0.15) is 5.56 Å². The van der Waals surface area contributed by atoms with Crippen LogP contribution >= 0.6 is 27.7 Å². The smallest absolute Gasteiger partial charge is 0.283 e. The molecule has 0 radical (unpaired) electrons. The average molecular weight is 359 g/mol. The van der Waals surface area contributed by atoms with E-state index in [1.54, 1.807) is 12.1 Å². The van der Waals surface area contributed by atoms with Crippen LogP contribution in [0.5, 0.6) is 0 Å². The summed E-state index contributed by atoms with van der Waals surface area (Å²) in [6.07, 6.45) is 1.51. The largest absolute Gasteiger partial charge is 0.411 e. The van der Waals surface area contributed by atoms with Gasteiger partial charge in [-0.05, 0) is 52.0 Å². The Morgan fingerprint density at radius 1 is 1.14 bits per heavy atom. The van der Waals surface area contributed by atoms with E-state index < -0.39 is 0 Å². The molecule has 2 heterocycles. The van der Waals surface area contributed by atoms with Crippen molar-refractivity contribution in [2.24, 2.45) is 0 Å². The monoisotopic (exact) mass is 358 g/mol. The Morgan fingerprint density at radius 2 is 2.00 bits per heavy atom. The summed E-state index contributed by atoms with van der Waals surface area (Å²) < 4.78 is 6.51. The number of hydrogen-bond acceptors (Lipinski definition) is 6. The van der Waals surface area contributed by atoms with Crippen LogP contribution in [0.25, 0.3) is 11.5 Å². The zero-order valence-electron chi connectivity index (χ0n) is 10.5. The Hall–Kier alpha value is -2.17. The van der Waals surface area contributed by atoms with E-state index in [-0.39, 0.29) is 0 Å². The maximum atomic E-state index is 8.73. The summed E-state index contributed by atoms with van der Waals surface area (Å²) >= 11 is 4.70. The second-order valence-electron chi connectivity index (χ2n) is 3.95. The van der Waals surface area contributed by atoms with Crippen molar-refractivity contribution < 1.29 is 4.42 Å². The molecule has 3 rings (SSSR count). The van der Waals surface area contributed by atoms with Gasteiger partial charge in [-0.15, -0.1) is 10.2 Å². The van der Waals surface area contributed by atoms with Crippen molar-refractivity contribution in [3.8, 4) is 17.5 Å². The molecule has 0 fully saturated rings. The van der Waals surface area contributed by atoms with E-state index >= 15 is 0 Å². The highest BCUT2D eigenvalue weighted by Gasteiger charge is 2.12. The van der Waals surface area contributed by atoms with E-state index in [1.165, 1.54) is 18.0 Å². The van der Waals surface area contributed by atoms with Crippen LogP contribution in [0.15, 0.2) is 61.7 Å². The first kappa shape index (κ1) is 13.8. The number of rotatable bonds is 3. The molecular weight excluding hydrogens is 352 g/mol. The minimum Gasteiger partial charge on any atom is -0.411 e. The molecule has 5 nitrogen and oxygen atoms in total. The predicted molar refractivity (Wildman–Crippen MR) is 80.5 cm³/mol. The van der Waals surface area contributed by atoms with E-state index in [9.17, 15) is 0 Å². The lowest BCUT2D eigenvalue weighted by molar-refractivity contribution is 0.465. The van der Waals surface area contributed by atoms with Gasteiger partial charge in [0.05, 0.1) is 11.1 Å². The van der Waals surface area contributed by atoms with Gasteiger partial charge >= 0.3 is 0 Å². The van der Waals surface area contributed by atoms with Gasteiger partial charge in [-0.1, -0.05) is 12.1 Å². The first-order valence-electron chi connectivity index (χ1n) is 5.88. The summed E-state index contributed by atoms with van der Waals surface area (Å²) in [6.45, 7) is 0. The van der Waals surface area contributed by atoms with Gasteiger partial charge in [0.25, 0.3) is 5.22 Å². The Bertz CT molecular complexity index is 810. The van der Waals surface area contributed by atoms with Crippen molar-refractivity contribution in [3.05, 3.63) is 52.6 Å². The molecule has 0 spiro atoms. The second-order valence-corrected chi connectivity index (χ2v) is 5.78. The maximum absolute atomic E-state index is 8.73. The Labute approximate surface area is 133 Å². The summed E-state index contributed by atoms with van der Waals surface area (Å²) in [7, 11) is 0. The molecule has 0 aliphatic carbocycles. The third kappa shape index (κ3) is 3.12. The van der Waals surface area contributed by atoms with E-state index in [0.717, 1.165) is 10.0 Å². The van der Waals surface area contributed by atoms with Gasteiger partial charge in [0.15, 0.2) is 0 Å². The number of halogens is 1. The lowest BCUT2D eigenvalue weighted by Gasteiger charge is -1.97. The fourth-order valence-corrected chi connectivity index (χ4v) is 2.67. The summed E-state index contributed by atoms with van der Waals surface area (Å²) in [5, 5.41) is 17.8. The Kier molecular flexibility index (Phi) is 3.99. The Morgan fingerprint density at radius 3 is 2.71 bits per heavy atom. The molecule has 0 saturated heterocycles. The van der Waals surface area contributed by atoms with Crippen LogP contribution in [0.4, 0.5) is 0 Å². The van der Waals surface area contributed by atoms with Gasteiger partial charge in [0.2, 0.25) is 5.89 Å². The van der Waals surface area contributed by atoms with E-state index in [1.807, 2.05) is 30.3 Å². The zero-order chi connectivity index (χ0) is 14.7. The SMILES string of the molecule is N#Cc1ccc(Sc2nnc(-c3ccccc3Br)o2)nc1. The summed E-state index contributed by atoms with van der Waals surface area (Å²) in [6, 6.07) is 13.1. The molecule has 0 N–H and O–H groups in total. The fraction of sp³-hybridized carbons (Fsp3) is 0. The third-order valence-electron chi connectivity index (χ3n) is 2.57. The molecule has 0 saturated carbocycles. The number of hydrogen-bond donors (Lipinski definition) is 0. The molecule has 0 bridgehead atoms. The van der Waals surface area contributed by atoms with Crippen LogP contribution in [-0.4, -0.2) is 15.2 Å². The van der Waals surface area contributed by atoms with Crippen LogP contribution in [-0.2, 0) is 0 Å². The number of nitriles is 1. The van der Waals surface area contributed by atoms with Gasteiger partial charge < -0.3 is 4.42 Å². The lowest BCUT2D eigenvalue weighted by Crippen LogP contribution is -1.81. The standard InChI is InChI=1S/C14H7BrN4OS/c15-11-4-2-1-3-10(11)13-18-19-14(20-13)21-12-6-5-9(7-16)8-17-12/h1-6,8H. The first-order valence-corrected chi connectivity index (χ1v) is 7.49. The van der Waals surface area contributed by atoms with Crippen LogP contribution in [0.3, 0.4) is 0 Å². The predicted octanol–water partition coefficient (Wildman–Crippen LogP) is 3.92. The summed E-state index contributed by atoms with van der Waals surface area (Å²) in [5.41, 5.74) is 1.35. The molecule has 2 aromatic heterocycles. The van der Waals surface area contributed by atoms with Crippen molar-refractivity contribution in [3.63, 3.8) is 0 Å². The minimum atomic E-state index is 0.401. The molecule has 0 unspecified atom stereocenters. The highest BCUT2D eigenvalue weighted by molar-refractivity contribution is 9.10. The van der Waals surface area contributed by atoms with Gasteiger partial charge in [0, 0.05) is 10.7 Å². The fourth-order valence-electron chi connectivity index (χ4n) is 1.59. The molecule has 102 valence electrons. The van der Waals surface area contributed by atoms with Crippen molar-refractivity contribution in [1.29, 1.82) is 5.26 Å². The highest BCUT2D eigenvalue weighted by Crippen LogP contribution is 2.31. The summed E-state index contributed by atoms with van der Waals surface area (Å²) in [4.78, 5) is 4.15. The number of nitrogens with zero attached hydrogens (tertiary/aromatic N) is 4. The van der Waals surface area contributed by atoms with Crippen molar-refractivity contribution in [2.75, 3.05) is 0 Å². The summed E-state index contributed by atoms with van der Waals surface area (Å²) in [5.74, 6) is 0.443. The van der Waals surface area contributed by atoms with Crippen molar-refractivity contribution >= 4 is 27.7 Å². The molecule has 0 aliphatic heterocycles. The van der Waals surface area contributed by atoms with Gasteiger partial charge in [-0.25, -0.2) is 4.98 Å². The molecule has 0 atom stereocenters. The molecular formula is C14H7BrN4OS. The van der Waals surface area contributed by atoms with E-state index in [4.69, 9.17) is 9.68 Å². The number of aromatic nitrogens is 3. The Balaban J connectivity index is 1.82. The van der Waals surface area contributed by atoms with Gasteiger partial charge in [-0.2, -0.15) is 5.26 Å². The number of benzene rings is 1. The molecule has 0 aliphatic rings. The number of pyridine rings is 1. The lowest BCUT2D eigenvalue weighted by atomic mass is 10.2. The zero-order valence-corrected chi connectivity index (χ0v) is 12.9. The first-order chi connectivity index (χ1) is 10.3. The van der Waals surface area contributed by atoms with Crippen LogP contribution in [0.2, 0.25) is 0 Å². The van der Waals surface area contributed by atoms with E-state index in [0.29, 0.717) is 21.7 Å². The maximum Gasteiger partial charge on any atom is 0.283 e. The van der Waals surface area contributed by atoms with Crippen molar-refractivity contribution in [1.82, 2.24) is 15.2 Å². The van der Waals surface area contributed by atoms with Crippen LogP contribution in [0, 0.1) is 11.3 Å². The van der Waals surface area contributed by atoms with Gasteiger partial charge in [-0.3, -0.25) is 0 Å². The third-order valence-corrected chi connectivity index (χ3v) is 4.05. The average Bonchev–Trinajstić information content (AvgIpc) is 2.97. The quantitative estimate of drug-likeness (QED) is 0.706. The molecule has 7 heteroatoms. The molecule has 1 aromatic carbocycles. The molecule has 21 heavy (non-hydrogen) atoms. The van der Waals surface area contributed by atoms with E-state index in [2.05, 4.69) is 31.1 Å². The normalized spacial score (nSPS) is 10.3. The highest BCUT2D eigenvalue weighted by atomic mass is 79.9. The van der Waals surface area contributed by atoms with Gasteiger partial charge in [0.1, 0.15) is 11.1 Å². The minimum absolute atomic E-state index is 0.401.